The molecule has 7 aliphatic carbocycles. The van der Waals surface area contributed by atoms with E-state index < -0.39 is 5.92 Å². The lowest BCUT2D eigenvalue weighted by molar-refractivity contribution is 0.0174. The van der Waals surface area contributed by atoms with Gasteiger partial charge in [-0.25, -0.2) is 8.78 Å². The van der Waals surface area contributed by atoms with Crippen LogP contribution in [0.5, 0.6) is 0 Å². The van der Waals surface area contributed by atoms with Crippen molar-refractivity contribution in [2.24, 2.45) is 48.5 Å². The number of rotatable bonds is 11. The summed E-state index contributed by atoms with van der Waals surface area (Å²) in [5.41, 5.74) is 9.24. The lowest BCUT2D eigenvalue weighted by atomic mass is 9.88. The molecular formula is C96H157F2N3S2. The van der Waals surface area contributed by atoms with Crippen LogP contribution >= 0.6 is 22.7 Å². The lowest BCUT2D eigenvalue weighted by Crippen LogP contribution is -2.06. The minimum absolute atomic E-state index is 0.0831. The normalized spacial score (nSPS) is 16.0. The van der Waals surface area contributed by atoms with Crippen molar-refractivity contribution < 1.29 is 8.78 Å². The topological polar surface area (TPSA) is 30.7 Å². The van der Waals surface area contributed by atoms with E-state index in [1.807, 2.05) is 60.6 Å². The predicted molar refractivity (Wildman–Crippen MR) is 458 cm³/mol. The number of nitrogens with zero attached hydrogens (tertiary/aromatic N) is 3. The Bertz CT molecular complexity index is 2750. The molecule has 4 aromatic heterocycles. The van der Waals surface area contributed by atoms with Crippen molar-refractivity contribution in [2.45, 2.75) is 355 Å². The van der Waals surface area contributed by atoms with Gasteiger partial charge in [-0.3, -0.25) is 9.67 Å². The van der Waals surface area contributed by atoms with Crippen LogP contribution in [0.25, 0.3) is 0 Å². The van der Waals surface area contributed by atoms with Crippen LogP contribution in [0.2, 0.25) is 0 Å². The zero-order chi connectivity index (χ0) is 76.1. The third-order valence-corrected chi connectivity index (χ3v) is 22.6. The van der Waals surface area contributed by atoms with Gasteiger partial charge >= 0.3 is 0 Å². The number of aromatic nitrogens is 3. The second-order valence-electron chi connectivity index (χ2n) is 30.5. The van der Waals surface area contributed by atoms with Gasteiger partial charge in [0.05, 0.1) is 5.69 Å². The fraction of sp³-hybridized carbons (Fsp3) is 0.646. The Balaban J connectivity index is 0.000000558. The Morgan fingerprint density at radius 1 is 0.408 bits per heavy atom. The number of benzene rings is 3. The van der Waals surface area contributed by atoms with E-state index in [-0.39, 0.29) is 5.56 Å². The number of hydrogen-bond donors (Lipinski definition) is 0. The van der Waals surface area contributed by atoms with Crippen molar-refractivity contribution in [2.75, 3.05) is 0 Å². The molecule has 0 atom stereocenters. The minimum Gasteiger partial charge on any atom is -0.276 e. The van der Waals surface area contributed by atoms with E-state index in [0.717, 1.165) is 91.7 Å². The summed E-state index contributed by atoms with van der Waals surface area (Å²) < 4.78 is 27.2. The van der Waals surface area contributed by atoms with E-state index in [1.54, 1.807) is 29.7 Å². The molecule has 103 heavy (non-hydrogen) atoms. The standard InChI is InChI=1S/C10H12F2.C9H12.2C8H16.C8H10.C7H9N.C7H10S.C7H14.C6H10N2.C6H8S.C6H12.2C5H10.C4H8/c1-3-8-4-6-9(7-5-8)10(2,11)12;1-3-9-6-4-8(2)5-7-9;3*1-2-8-6-4-3-5-7-8;1-2-7-4-3-5-8-6-7;1-3-7-5-4-6(2)8-7;1-7-5-3-2-4-6-7;1-3-6-4-5-8(2)7-6;1-2-6-3-4-7-5-6;1-6-4-2-3-5-6;1-5-3-2-4-5;1-2-5-3-4-5;1-4-2-3-4/h4-7H,3H2,1-2H3;4-7H,3H2,1-2H3;2*8H,2-7H2,1H3;3-7H,2H2,1H3;3-6H,2H2,1H3;4-5H,3H2,1-2H3;7H,2-6H2,1H3;4-5H,3H2,1-2H3;3-5H,2H2,1H3;6H,2-5H2,1H3;2*5H,2-4H2,1H3;4H,2-3H2,1H3. The molecule has 4 heterocycles. The van der Waals surface area contributed by atoms with E-state index in [4.69, 9.17) is 0 Å². The third kappa shape index (κ3) is 56.3. The summed E-state index contributed by atoms with van der Waals surface area (Å²) >= 11 is 3.65. The molecule has 0 radical (unpaired) electrons. The van der Waals surface area contributed by atoms with Gasteiger partial charge in [-0.2, -0.15) is 16.4 Å². The Morgan fingerprint density at radius 3 is 1.05 bits per heavy atom. The fourth-order valence-electron chi connectivity index (χ4n) is 11.9. The highest BCUT2D eigenvalue weighted by molar-refractivity contribution is 7.11. The largest absolute Gasteiger partial charge is 0.276 e. The van der Waals surface area contributed by atoms with E-state index in [9.17, 15) is 8.78 Å². The molecule has 0 spiro atoms. The Hall–Kier alpha value is -4.72. The first-order valence-corrected chi connectivity index (χ1v) is 43.9. The van der Waals surface area contributed by atoms with Crippen molar-refractivity contribution in [3.63, 3.8) is 0 Å². The summed E-state index contributed by atoms with van der Waals surface area (Å²) in [4.78, 5) is 6.86. The fourth-order valence-corrected chi connectivity index (χ4v) is 13.5. The van der Waals surface area contributed by atoms with E-state index in [0.29, 0.717) is 0 Å². The molecule has 0 saturated heterocycles. The average molecular weight is 1460 g/mol. The Labute approximate surface area is 644 Å². The molecule has 7 aromatic rings. The number of alkyl halides is 2. The van der Waals surface area contributed by atoms with Gasteiger partial charge in [0.15, 0.2) is 0 Å². The van der Waals surface area contributed by atoms with Crippen molar-refractivity contribution in [1.82, 2.24) is 14.8 Å². The van der Waals surface area contributed by atoms with Crippen LogP contribution in [0.3, 0.4) is 0 Å². The van der Waals surface area contributed by atoms with Crippen LogP contribution in [0, 0.1) is 55.3 Å². The smallest absolute Gasteiger partial charge is 0.270 e. The van der Waals surface area contributed by atoms with Crippen molar-refractivity contribution in [1.29, 1.82) is 0 Å². The Morgan fingerprint density at radius 2 is 0.825 bits per heavy atom. The SMILES string of the molecule is CC1CC1.CC1CCC1.CC1CCCC1.CC1CCCCC1.CCC1CC1.CCC1CCCCC1.CCC1CCCCC1.CCc1ccc(C(C)(F)F)cc1.CCc1ccc(C)cc1.CCc1ccc(C)s1.CCc1ccccc1.CCc1cccnc1.CCc1ccn(C)n1.CCc1ccsc1. The summed E-state index contributed by atoms with van der Waals surface area (Å²) in [6, 6.07) is 38.1. The first-order valence-electron chi connectivity index (χ1n) is 42.2. The summed E-state index contributed by atoms with van der Waals surface area (Å²) in [6.45, 7) is 36.3. The second kappa shape index (κ2) is 63.4. The van der Waals surface area contributed by atoms with Gasteiger partial charge in [-0.15, -0.1) is 11.3 Å². The van der Waals surface area contributed by atoms with Gasteiger partial charge in [-0.1, -0.05) is 374 Å². The summed E-state index contributed by atoms with van der Waals surface area (Å²) in [5, 5.41) is 8.44. The van der Waals surface area contributed by atoms with E-state index in [1.165, 1.54) is 249 Å². The van der Waals surface area contributed by atoms with E-state index >= 15 is 0 Å². The highest BCUT2D eigenvalue weighted by Gasteiger charge is 2.23. The molecule has 3 nitrogen and oxygen atoms in total. The molecule has 7 aliphatic rings. The monoisotopic (exact) mass is 1450 g/mol. The summed E-state index contributed by atoms with van der Waals surface area (Å²) in [5.74, 6) is 4.82. The maximum Gasteiger partial charge on any atom is 0.270 e. The van der Waals surface area contributed by atoms with Crippen LogP contribution in [-0.4, -0.2) is 14.8 Å². The van der Waals surface area contributed by atoms with Gasteiger partial charge in [0.2, 0.25) is 0 Å². The molecule has 582 valence electrons. The molecule has 0 amide bonds. The predicted octanol–water partition coefficient (Wildman–Crippen LogP) is 31.5. The molecule has 3 aromatic carbocycles. The maximum atomic E-state index is 12.7. The quantitative estimate of drug-likeness (QED) is 0.129. The first-order chi connectivity index (χ1) is 49.7. The van der Waals surface area contributed by atoms with Crippen LogP contribution in [0.4, 0.5) is 8.78 Å². The molecule has 0 N–H and O–H groups in total. The van der Waals surface area contributed by atoms with Crippen LogP contribution in [0.15, 0.2) is 145 Å². The van der Waals surface area contributed by atoms with Gasteiger partial charge in [0.25, 0.3) is 5.92 Å². The number of pyridine rings is 1. The van der Waals surface area contributed by atoms with Crippen molar-refractivity contribution >= 4 is 22.7 Å². The van der Waals surface area contributed by atoms with Crippen LogP contribution in [-0.2, 0) is 57.9 Å². The van der Waals surface area contributed by atoms with Crippen LogP contribution < -0.4 is 0 Å². The van der Waals surface area contributed by atoms with Gasteiger partial charge in [0, 0.05) is 47.9 Å². The molecule has 7 saturated carbocycles. The number of aryl methyl sites for hydroxylation is 10. The molecule has 14 rings (SSSR count). The Kier molecular flexibility index (Phi) is 59.3. The molecular weight excluding hydrogens is 1300 g/mol. The lowest BCUT2D eigenvalue weighted by Gasteiger charge is -2.18. The van der Waals surface area contributed by atoms with Crippen molar-refractivity contribution in [3.8, 4) is 0 Å². The van der Waals surface area contributed by atoms with Gasteiger partial charge in [-0.05, 0) is 169 Å². The van der Waals surface area contributed by atoms with Gasteiger partial charge < -0.3 is 0 Å². The highest BCUT2D eigenvalue weighted by atomic mass is 32.1. The number of halogens is 2. The number of hydrogen-bond acceptors (Lipinski definition) is 4. The molecule has 7 fully saturated rings. The number of thiophene rings is 2. The average Bonchev–Trinajstić information content (AvgIpc) is 1.81. The zero-order valence-corrected chi connectivity index (χ0v) is 71.4. The van der Waals surface area contributed by atoms with E-state index in [2.05, 4.69) is 197 Å². The first kappa shape index (κ1) is 96.3. The molecule has 0 aliphatic heterocycles. The minimum atomic E-state index is -2.72. The molecule has 0 unspecified atom stereocenters. The third-order valence-electron chi connectivity index (χ3n) is 20.7. The van der Waals surface area contributed by atoms with Gasteiger partial charge in [0.1, 0.15) is 0 Å². The summed E-state index contributed by atoms with van der Waals surface area (Å²) in [6.07, 6.45) is 56.4. The maximum absolute atomic E-state index is 12.7. The summed E-state index contributed by atoms with van der Waals surface area (Å²) in [7, 11) is 1.93. The van der Waals surface area contributed by atoms with Crippen LogP contribution in [0.1, 0.15) is 344 Å². The molecule has 7 heteroatoms. The molecule has 0 bridgehead atoms. The zero-order valence-electron chi connectivity index (χ0n) is 69.8. The highest BCUT2D eigenvalue weighted by Crippen LogP contribution is 2.32. The van der Waals surface area contributed by atoms with Crippen molar-refractivity contribution in [3.05, 3.63) is 199 Å². The second-order valence-corrected chi connectivity index (χ2v) is 32.7.